The maximum atomic E-state index is 11.6. The molecule has 0 unspecified atom stereocenters. The van der Waals surface area contributed by atoms with Crippen LogP contribution in [0.1, 0.15) is 40.7 Å². The van der Waals surface area contributed by atoms with E-state index in [9.17, 15) is 9.59 Å². The van der Waals surface area contributed by atoms with Crippen molar-refractivity contribution in [3.05, 3.63) is 23.5 Å². The molecule has 0 N–H and O–H groups in total. The van der Waals surface area contributed by atoms with Crippen molar-refractivity contribution in [2.24, 2.45) is 0 Å². The molecule has 100 valence electrons. The Morgan fingerprint density at radius 3 is 2.39 bits per heavy atom. The van der Waals surface area contributed by atoms with Crippen molar-refractivity contribution in [3.8, 4) is 0 Å². The van der Waals surface area contributed by atoms with Crippen LogP contribution in [0.3, 0.4) is 0 Å². The maximum Gasteiger partial charge on any atom is 0.354 e. The third kappa shape index (κ3) is 3.43. The fourth-order valence-electron chi connectivity index (χ4n) is 1.82. The van der Waals surface area contributed by atoms with Gasteiger partial charge in [0.05, 0.1) is 12.8 Å². The molecule has 1 rings (SSSR count). The van der Waals surface area contributed by atoms with Gasteiger partial charge in [-0.1, -0.05) is 0 Å². The van der Waals surface area contributed by atoms with Gasteiger partial charge < -0.3 is 14.0 Å². The highest BCUT2D eigenvalue weighted by atomic mass is 16.5. The van der Waals surface area contributed by atoms with Crippen LogP contribution in [0.5, 0.6) is 0 Å². The molecule has 0 radical (unpaired) electrons. The van der Waals surface area contributed by atoms with E-state index in [-0.39, 0.29) is 5.78 Å². The molecule has 1 aromatic rings. The number of ether oxygens (including phenoxy) is 2. The summed E-state index contributed by atoms with van der Waals surface area (Å²) in [5, 5.41) is 0. The zero-order valence-corrected chi connectivity index (χ0v) is 11.1. The van der Waals surface area contributed by atoms with Gasteiger partial charge in [-0.3, -0.25) is 4.79 Å². The van der Waals surface area contributed by atoms with Crippen LogP contribution in [-0.4, -0.2) is 37.1 Å². The van der Waals surface area contributed by atoms with Gasteiger partial charge >= 0.3 is 5.97 Å². The van der Waals surface area contributed by atoms with E-state index < -0.39 is 5.97 Å². The van der Waals surface area contributed by atoms with E-state index in [4.69, 9.17) is 9.47 Å². The Bertz CT molecular complexity index is 423. The van der Waals surface area contributed by atoms with E-state index in [1.54, 1.807) is 23.8 Å². The fraction of sp³-hybridized carbons (Fsp3) is 0.538. The van der Waals surface area contributed by atoms with Crippen LogP contribution in [0.25, 0.3) is 0 Å². The Morgan fingerprint density at radius 2 is 1.83 bits per heavy atom. The van der Waals surface area contributed by atoms with Gasteiger partial charge in [0, 0.05) is 27.2 Å². The molecular formula is C13H19NO4. The number of carbonyl (C=O) groups excluding carboxylic acids is 2. The van der Waals surface area contributed by atoms with Gasteiger partial charge in [-0.15, -0.1) is 0 Å². The highest BCUT2D eigenvalue weighted by molar-refractivity contribution is 5.96. The quantitative estimate of drug-likeness (QED) is 0.423. The van der Waals surface area contributed by atoms with Gasteiger partial charge in [-0.25, -0.2) is 4.79 Å². The molecule has 1 heterocycles. The SMILES string of the molecule is COCCCCn1c(C(C)=O)ccc1C(=O)OC. The molecule has 0 aliphatic heterocycles. The summed E-state index contributed by atoms with van der Waals surface area (Å²) < 4.78 is 11.4. The van der Waals surface area contributed by atoms with Gasteiger partial charge in [0.2, 0.25) is 0 Å². The molecule has 18 heavy (non-hydrogen) atoms. The molecule has 0 aromatic carbocycles. The van der Waals surface area contributed by atoms with Gasteiger partial charge in [-0.2, -0.15) is 0 Å². The van der Waals surface area contributed by atoms with E-state index in [2.05, 4.69) is 0 Å². The summed E-state index contributed by atoms with van der Waals surface area (Å²) in [4.78, 5) is 23.1. The van der Waals surface area contributed by atoms with Gasteiger partial charge in [-0.05, 0) is 25.0 Å². The van der Waals surface area contributed by atoms with Crippen molar-refractivity contribution in [1.29, 1.82) is 0 Å². The molecule has 0 atom stereocenters. The number of ketones is 1. The zero-order valence-electron chi connectivity index (χ0n) is 11.1. The lowest BCUT2D eigenvalue weighted by Crippen LogP contribution is -2.15. The second-order valence-corrected chi connectivity index (χ2v) is 4.00. The first-order chi connectivity index (χ1) is 8.61. The molecular weight excluding hydrogens is 234 g/mol. The van der Waals surface area contributed by atoms with Crippen molar-refractivity contribution >= 4 is 11.8 Å². The van der Waals surface area contributed by atoms with Crippen LogP contribution in [0.15, 0.2) is 12.1 Å². The topological polar surface area (TPSA) is 57.5 Å². The van der Waals surface area contributed by atoms with Gasteiger partial charge in [0.15, 0.2) is 5.78 Å². The third-order valence-corrected chi connectivity index (χ3v) is 2.72. The predicted octanol–water partition coefficient (Wildman–Crippen LogP) is 1.90. The lowest BCUT2D eigenvalue weighted by molar-refractivity contribution is 0.0588. The molecule has 5 nitrogen and oxygen atoms in total. The summed E-state index contributed by atoms with van der Waals surface area (Å²) in [5.74, 6) is -0.480. The summed E-state index contributed by atoms with van der Waals surface area (Å²) in [7, 11) is 2.98. The molecule has 0 fully saturated rings. The number of Topliss-reactive ketones (excluding diaryl/α,β-unsaturated/α-hetero) is 1. The smallest absolute Gasteiger partial charge is 0.354 e. The largest absolute Gasteiger partial charge is 0.464 e. The number of hydrogen-bond donors (Lipinski definition) is 0. The second kappa shape index (κ2) is 6.96. The van der Waals surface area contributed by atoms with Crippen molar-refractivity contribution in [1.82, 2.24) is 4.57 Å². The number of nitrogens with zero attached hydrogens (tertiary/aromatic N) is 1. The van der Waals surface area contributed by atoms with Crippen molar-refractivity contribution in [3.63, 3.8) is 0 Å². The number of carbonyl (C=O) groups is 2. The first-order valence-corrected chi connectivity index (χ1v) is 5.89. The Kier molecular flexibility index (Phi) is 5.58. The van der Waals surface area contributed by atoms with Crippen molar-refractivity contribution in [2.75, 3.05) is 20.8 Å². The average Bonchev–Trinajstić information content (AvgIpc) is 2.77. The van der Waals surface area contributed by atoms with E-state index in [0.717, 1.165) is 12.8 Å². The van der Waals surface area contributed by atoms with Crippen LogP contribution < -0.4 is 0 Å². The highest BCUT2D eigenvalue weighted by Crippen LogP contribution is 2.13. The minimum absolute atomic E-state index is 0.0584. The molecule has 0 saturated heterocycles. The summed E-state index contributed by atoms with van der Waals surface area (Å²) >= 11 is 0. The van der Waals surface area contributed by atoms with Crippen LogP contribution in [0, 0.1) is 0 Å². The monoisotopic (exact) mass is 253 g/mol. The first kappa shape index (κ1) is 14.4. The lowest BCUT2D eigenvalue weighted by Gasteiger charge is -2.10. The van der Waals surface area contributed by atoms with E-state index in [1.807, 2.05) is 0 Å². The summed E-state index contributed by atoms with van der Waals surface area (Å²) in [6.45, 7) is 2.77. The normalized spacial score (nSPS) is 10.4. The summed E-state index contributed by atoms with van der Waals surface area (Å²) in [6.07, 6.45) is 1.72. The molecule has 0 aliphatic rings. The fourth-order valence-corrected chi connectivity index (χ4v) is 1.82. The molecule has 0 saturated carbocycles. The van der Waals surface area contributed by atoms with E-state index >= 15 is 0 Å². The van der Waals surface area contributed by atoms with Crippen molar-refractivity contribution in [2.45, 2.75) is 26.3 Å². The molecule has 0 bridgehead atoms. The molecule has 0 spiro atoms. The molecule has 0 aliphatic carbocycles. The Balaban J connectivity index is 2.86. The van der Waals surface area contributed by atoms with E-state index in [0.29, 0.717) is 24.5 Å². The highest BCUT2D eigenvalue weighted by Gasteiger charge is 2.17. The van der Waals surface area contributed by atoms with Gasteiger partial charge in [0.1, 0.15) is 5.69 Å². The number of rotatable bonds is 7. The Hall–Kier alpha value is -1.62. The Labute approximate surface area is 107 Å². The maximum absolute atomic E-state index is 11.6. The number of hydrogen-bond acceptors (Lipinski definition) is 4. The Morgan fingerprint density at radius 1 is 1.17 bits per heavy atom. The molecule has 0 amide bonds. The average molecular weight is 253 g/mol. The molecule has 1 aromatic heterocycles. The number of esters is 1. The summed E-state index contributed by atoms with van der Waals surface area (Å²) in [6, 6.07) is 3.28. The minimum Gasteiger partial charge on any atom is -0.464 e. The van der Waals surface area contributed by atoms with Crippen LogP contribution in [0.2, 0.25) is 0 Å². The number of unbranched alkanes of at least 4 members (excludes halogenated alkanes) is 1. The summed E-state index contributed by atoms with van der Waals surface area (Å²) in [5.41, 5.74) is 0.952. The molecule has 5 heteroatoms. The zero-order chi connectivity index (χ0) is 13.5. The van der Waals surface area contributed by atoms with Crippen LogP contribution in [-0.2, 0) is 16.0 Å². The van der Waals surface area contributed by atoms with Crippen LogP contribution >= 0.6 is 0 Å². The lowest BCUT2D eigenvalue weighted by atomic mass is 10.3. The number of methoxy groups -OCH3 is 2. The minimum atomic E-state index is -0.422. The van der Waals surface area contributed by atoms with Gasteiger partial charge in [0.25, 0.3) is 0 Å². The standard InChI is InChI=1S/C13H19NO4/c1-10(15)11-6-7-12(13(16)18-3)14(11)8-4-5-9-17-2/h6-7H,4-5,8-9H2,1-3H3. The van der Waals surface area contributed by atoms with E-state index in [1.165, 1.54) is 14.0 Å². The van der Waals surface area contributed by atoms with Crippen molar-refractivity contribution < 1.29 is 19.1 Å². The third-order valence-electron chi connectivity index (χ3n) is 2.72. The van der Waals surface area contributed by atoms with Crippen LogP contribution in [0.4, 0.5) is 0 Å². The second-order valence-electron chi connectivity index (χ2n) is 4.00. The predicted molar refractivity (Wildman–Crippen MR) is 66.9 cm³/mol. The first-order valence-electron chi connectivity index (χ1n) is 5.89. The number of aromatic nitrogens is 1.